The third-order valence-corrected chi connectivity index (χ3v) is 3.27. The Morgan fingerprint density at radius 1 is 1.25 bits per heavy atom. The van der Waals surface area contributed by atoms with E-state index in [1.165, 1.54) is 0 Å². The van der Waals surface area contributed by atoms with Crippen molar-refractivity contribution in [2.75, 3.05) is 33.7 Å². The summed E-state index contributed by atoms with van der Waals surface area (Å²) >= 11 is 0. The van der Waals surface area contributed by atoms with Gasteiger partial charge in [-0.2, -0.15) is 0 Å². The molecule has 0 saturated heterocycles. The standard InChI is InChI=1S/C14H29N3O3/c1-6-17(12(3)10-16(4)5)14(20)15-9-7-8-11(2)13(18)19/h11-12H,6-10H2,1-5H3,(H,15,20)(H,18,19). The number of rotatable bonds is 9. The van der Waals surface area contributed by atoms with Crippen molar-refractivity contribution < 1.29 is 14.7 Å². The maximum absolute atomic E-state index is 12.1. The van der Waals surface area contributed by atoms with E-state index in [-0.39, 0.29) is 18.0 Å². The summed E-state index contributed by atoms with van der Waals surface area (Å²) < 4.78 is 0. The summed E-state index contributed by atoms with van der Waals surface area (Å²) in [7, 11) is 3.96. The summed E-state index contributed by atoms with van der Waals surface area (Å²) in [5.41, 5.74) is 0. The zero-order valence-electron chi connectivity index (χ0n) is 13.3. The molecule has 6 nitrogen and oxygen atoms in total. The van der Waals surface area contributed by atoms with Crippen LogP contribution in [-0.4, -0.2) is 66.7 Å². The highest BCUT2D eigenvalue weighted by atomic mass is 16.4. The van der Waals surface area contributed by atoms with Gasteiger partial charge in [0.1, 0.15) is 0 Å². The minimum atomic E-state index is -0.786. The van der Waals surface area contributed by atoms with Crippen LogP contribution in [-0.2, 0) is 4.79 Å². The maximum atomic E-state index is 12.1. The summed E-state index contributed by atoms with van der Waals surface area (Å²) in [5.74, 6) is -1.15. The van der Waals surface area contributed by atoms with Crippen molar-refractivity contribution in [3.05, 3.63) is 0 Å². The Hall–Kier alpha value is -1.30. The molecule has 2 N–H and O–H groups in total. The van der Waals surface area contributed by atoms with Crippen molar-refractivity contribution in [1.29, 1.82) is 0 Å². The normalized spacial score (nSPS) is 13.9. The lowest BCUT2D eigenvalue weighted by Gasteiger charge is -2.30. The Labute approximate surface area is 122 Å². The van der Waals surface area contributed by atoms with Crippen molar-refractivity contribution >= 4 is 12.0 Å². The smallest absolute Gasteiger partial charge is 0.317 e. The van der Waals surface area contributed by atoms with E-state index in [9.17, 15) is 9.59 Å². The monoisotopic (exact) mass is 287 g/mol. The van der Waals surface area contributed by atoms with E-state index in [4.69, 9.17) is 5.11 Å². The second-order valence-corrected chi connectivity index (χ2v) is 5.51. The first-order valence-corrected chi connectivity index (χ1v) is 7.21. The summed E-state index contributed by atoms with van der Waals surface area (Å²) in [5, 5.41) is 11.6. The van der Waals surface area contributed by atoms with E-state index in [1.54, 1.807) is 11.8 Å². The lowest BCUT2D eigenvalue weighted by molar-refractivity contribution is -0.141. The van der Waals surface area contributed by atoms with Gasteiger partial charge in [-0.15, -0.1) is 0 Å². The predicted octanol–water partition coefficient (Wildman–Crippen LogP) is 1.47. The quantitative estimate of drug-likeness (QED) is 0.630. The summed E-state index contributed by atoms with van der Waals surface area (Å²) in [6.45, 7) is 7.65. The average Bonchev–Trinajstić information content (AvgIpc) is 2.34. The van der Waals surface area contributed by atoms with Crippen LogP contribution in [0, 0.1) is 5.92 Å². The van der Waals surface area contributed by atoms with Gasteiger partial charge >= 0.3 is 12.0 Å². The molecule has 0 aromatic rings. The van der Waals surface area contributed by atoms with E-state index >= 15 is 0 Å². The first-order valence-electron chi connectivity index (χ1n) is 7.21. The molecule has 0 aliphatic rings. The molecule has 0 fully saturated rings. The first-order chi connectivity index (χ1) is 9.29. The molecule has 2 amide bonds. The topological polar surface area (TPSA) is 72.9 Å². The predicted molar refractivity (Wildman–Crippen MR) is 79.8 cm³/mol. The van der Waals surface area contributed by atoms with Crippen LogP contribution in [0.25, 0.3) is 0 Å². The van der Waals surface area contributed by atoms with Crippen LogP contribution >= 0.6 is 0 Å². The van der Waals surface area contributed by atoms with Crippen LogP contribution in [0.1, 0.15) is 33.6 Å². The number of carbonyl (C=O) groups is 2. The number of carboxylic acids is 1. The van der Waals surface area contributed by atoms with Gasteiger partial charge in [0.2, 0.25) is 0 Å². The van der Waals surface area contributed by atoms with Crippen molar-refractivity contribution in [2.45, 2.75) is 39.7 Å². The van der Waals surface area contributed by atoms with Crippen LogP contribution in [0.15, 0.2) is 0 Å². The minimum absolute atomic E-state index is 0.0789. The second kappa shape index (κ2) is 9.58. The molecule has 0 aliphatic carbocycles. The molecule has 0 bridgehead atoms. The molecule has 0 aromatic carbocycles. The van der Waals surface area contributed by atoms with Crippen molar-refractivity contribution in [3.8, 4) is 0 Å². The molecule has 0 spiro atoms. The fraction of sp³-hybridized carbons (Fsp3) is 0.857. The molecule has 118 valence electrons. The Balaban J connectivity index is 4.07. The maximum Gasteiger partial charge on any atom is 0.317 e. The lowest BCUT2D eigenvalue weighted by atomic mass is 10.1. The number of amides is 2. The van der Waals surface area contributed by atoms with Crippen molar-refractivity contribution in [1.82, 2.24) is 15.1 Å². The summed E-state index contributed by atoms with van der Waals surface area (Å²) in [4.78, 5) is 26.6. The third-order valence-electron chi connectivity index (χ3n) is 3.27. The molecular weight excluding hydrogens is 258 g/mol. The van der Waals surface area contributed by atoms with Crippen molar-refractivity contribution in [2.24, 2.45) is 5.92 Å². The van der Waals surface area contributed by atoms with Crippen molar-refractivity contribution in [3.63, 3.8) is 0 Å². The van der Waals surface area contributed by atoms with E-state index in [0.29, 0.717) is 25.9 Å². The molecular formula is C14H29N3O3. The van der Waals surface area contributed by atoms with Gasteiger partial charge in [-0.3, -0.25) is 4.79 Å². The zero-order valence-corrected chi connectivity index (χ0v) is 13.3. The molecule has 0 rings (SSSR count). The summed E-state index contributed by atoms with van der Waals surface area (Å²) in [6.07, 6.45) is 1.26. The first kappa shape index (κ1) is 18.7. The van der Waals surface area contributed by atoms with E-state index in [2.05, 4.69) is 10.2 Å². The zero-order chi connectivity index (χ0) is 15.7. The number of carboxylic acid groups (broad SMARTS) is 1. The van der Waals surface area contributed by atoms with Crippen LogP contribution in [0.2, 0.25) is 0 Å². The van der Waals surface area contributed by atoms with Crippen LogP contribution in [0.4, 0.5) is 4.79 Å². The van der Waals surface area contributed by atoms with Gasteiger partial charge in [-0.25, -0.2) is 4.79 Å². The lowest BCUT2D eigenvalue weighted by Crippen LogP contribution is -2.48. The Morgan fingerprint density at radius 2 is 1.85 bits per heavy atom. The largest absolute Gasteiger partial charge is 0.481 e. The minimum Gasteiger partial charge on any atom is -0.481 e. The van der Waals surface area contributed by atoms with E-state index < -0.39 is 5.97 Å². The van der Waals surface area contributed by atoms with Gasteiger partial charge in [0, 0.05) is 25.7 Å². The van der Waals surface area contributed by atoms with Gasteiger partial charge in [-0.1, -0.05) is 6.92 Å². The number of aliphatic carboxylic acids is 1. The molecule has 0 saturated carbocycles. The molecule has 2 unspecified atom stereocenters. The molecule has 0 aliphatic heterocycles. The highest BCUT2D eigenvalue weighted by molar-refractivity contribution is 5.74. The second-order valence-electron chi connectivity index (χ2n) is 5.51. The summed E-state index contributed by atoms with van der Waals surface area (Å²) in [6, 6.07) is 0.0674. The number of nitrogens with one attached hydrogen (secondary N) is 1. The van der Waals surface area contributed by atoms with Gasteiger partial charge < -0.3 is 20.2 Å². The van der Waals surface area contributed by atoms with Gasteiger partial charge in [-0.05, 0) is 40.8 Å². The van der Waals surface area contributed by atoms with Gasteiger partial charge in [0.15, 0.2) is 0 Å². The highest BCUT2D eigenvalue weighted by Gasteiger charge is 2.18. The fourth-order valence-electron chi connectivity index (χ4n) is 2.11. The van der Waals surface area contributed by atoms with Gasteiger partial charge in [0.05, 0.1) is 5.92 Å². The number of likely N-dealkylation sites (N-methyl/N-ethyl adjacent to an activating group) is 2. The molecule has 6 heteroatoms. The van der Waals surface area contributed by atoms with Gasteiger partial charge in [0.25, 0.3) is 0 Å². The SMILES string of the molecule is CCN(C(=O)NCCCC(C)C(=O)O)C(C)CN(C)C. The Kier molecular flexibility index (Phi) is 8.96. The molecule has 20 heavy (non-hydrogen) atoms. The number of urea groups is 1. The number of hydrogen-bond donors (Lipinski definition) is 2. The van der Waals surface area contributed by atoms with E-state index in [1.807, 2.05) is 27.9 Å². The average molecular weight is 287 g/mol. The third kappa shape index (κ3) is 7.33. The Morgan fingerprint density at radius 3 is 2.30 bits per heavy atom. The molecule has 0 heterocycles. The fourth-order valence-corrected chi connectivity index (χ4v) is 2.11. The van der Waals surface area contributed by atoms with Crippen LogP contribution < -0.4 is 5.32 Å². The molecule has 0 radical (unpaired) electrons. The van der Waals surface area contributed by atoms with Crippen LogP contribution in [0.5, 0.6) is 0 Å². The molecule has 0 aromatic heterocycles. The Bertz CT molecular complexity index is 308. The number of nitrogens with zero attached hydrogens (tertiary/aromatic N) is 2. The highest BCUT2D eigenvalue weighted by Crippen LogP contribution is 2.05. The number of hydrogen-bond acceptors (Lipinski definition) is 3. The van der Waals surface area contributed by atoms with Crippen LogP contribution in [0.3, 0.4) is 0 Å². The molecule has 2 atom stereocenters. The number of carbonyl (C=O) groups excluding carboxylic acids is 1. The van der Waals surface area contributed by atoms with E-state index in [0.717, 1.165) is 6.54 Å².